The van der Waals surface area contributed by atoms with Gasteiger partial charge < -0.3 is 5.32 Å². The van der Waals surface area contributed by atoms with Crippen LogP contribution in [0.3, 0.4) is 0 Å². The maximum absolute atomic E-state index is 11.3. The van der Waals surface area contributed by atoms with Gasteiger partial charge in [0.25, 0.3) is 0 Å². The molecule has 0 spiro atoms. The van der Waals surface area contributed by atoms with E-state index in [9.17, 15) is 4.79 Å². The second kappa shape index (κ2) is 6.19. The largest absolute Gasteiger partial charge is 0.326 e. The molecule has 0 aromatic heterocycles. The van der Waals surface area contributed by atoms with Crippen LogP contribution in [0, 0.1) is 6.92 Å². The first-order valence-corrected chi connectivity index (χ1v) is 6.61. The van der Waals surface area contributed by atoms with Crippen LogP contribution in [0.5, 0.6) is 0 Å². The third-order valence-corrected chi connectivity index (χ3v) is 3.09. The summed E-state index contributed by atoms with van der Waals surface area (Å²) in [6.07, 6.45) is 1.42. The van der Waals surface area contributed by atoms with Crippen molar-refractivity contribution < 1.29 is 4.79 Å². The molecule has 0 saturated carbocycles. The minimum atomic E-state index is 0.0475. The van der Waals surface area contributed by atoms with E-state index in [1.807, 2.05) is 19.1 Å². The molecule has 0 atom stereocenters. The van der Waals surface area contributed by atoms with Gasteiger partial charge in [0.1, 0.15) is 0 Å². The van der Waals surface area contributed by atoms with E-state index in [0.717, 1.165) is 12.1 Å². The molecule has 2 aromatic rings. The van der Waals surface area contributed by atoms with Gasteiger partial charge in [-0.05, 0) is 36.6 Å². The zero-order valence-corrected chi connectivity index (χ0v) is 11.4. The zero-order valence-electron chi connectivity index (χ0n) is 11.4. The molecule has 0 unspecified atom stereocenters. The number of benzene rings is 2. The molecule has 1 N–H and O–H groups in total. The highest BCUT2D eigenvalue weighted by Gasteiger charge is 2.00. The SMILES string of the molecule is CCC(=O)Nc1ccc(Cc2ccc(C)cc2)cc1. The molecule has 2 nitrogen and oxygen atoms in total. The monoisotopic (exact) mass is 253 g/mol. The molecule has 2 rings (SSSR count). The van der Waals surface area contributed by atoms with E-state index >= 15 is 0 Å². The number of carbonyl (C=O) groups is 1. The van der Waals surface area contributed by atoms with Gasteiger partial charge in [-0.3, -0.25) is 4.79 Å². The summed E-state index contributed by atoms with van der Waals surface area (Å²) in [5, 5.41) is 2.85. The lowest BCUT2D eigenvalue weighted by atomic mass is 10.0. The summed E-state index contributed by atoms with van der Waals surface area (Å²) >= 11 is 0. The van der Waals surface area contributed by atoms with Gasteiger partial charge >= 0.3 is 0 Å². The van der Waals surface area contributed by atoms with Gasteiger partial charge in [0.15, 0.2) is 0 Å². The van der Waals surface area contributed by atoms with E-state index < -0.39 is 0 Å². The van der Waals surface area contributed by atoms with Crippen molar-refractivity contribution in [2.75, 3.05) is 5.32 Å². The maximum Gasteiger partial charge on any atom is 0.224 e. The second-order valence-electron chi connectivity index (χ2n) is 4.76. The molecule has 0 aliphatic carbocycles. The fourth-order valence-electron chi connectivity index (χ4n) is 1.90. The lowest BCUT2D eigenvalue weighted by molar-refractivity contribution is -0.115. The predicted molar refractivity (Wildman–Crippen MR) is 79.3 cm³/mol. The number of rotatable bonds is 4. The number of anilines is 1. The van der Waals surface area contributed by atoms with Crippen LogP contribution in [0.25, 0.3) is 0 Å². The Morgan fingerprint density at radius 2 is 1.47 bits per heavy atom. The summed E-state index contributed by atoms with van der Waals surface area (Å²) in [7, 11) is 0. The summed E-state index contributed by atoms with van der Waals surface area (Å²) in [6, 6.07) is 16.6. The Morgan fingerprint density at radius 3 is 2.00 bits per heavy atom. The van der Waals surface area contributed by atoms with Crippen molar-refractivity contribution in [3.8, 4) is 0 Å². The second-order valence-corrected chi connectivity index (χ2v) is 4.76. The molecule has 1 amide bonds. The standard InChI is InChI=1S/C17H19NO/c1-3-17(19)18-16-10-8-15(9-11-16)12-14-6-4-13(2)5-7-14/h4-11H,3,12H2,1-2H3,(H,18,19). The van der Waals surface area contributed by atoms with Crippen molar-refractivity contribution >= 4 is 11.6 Å². The van der Waals surface area contributed by atoms with Gasteiger partial charge in [0.05, 0.1) is 0 Å². The van der Waals surface area contributed by atoms with Crippen LogP contribution in [-0.4, -0.2) is 5.91 Å². The van der Waals surface area contributed by atoms with E-state index in [1.54, 1.807) is 0 Å². The van der Waals surface area contributed by atoms with Crippen molar-refractivity contribution in [1.29, 1.82) is 0 Å². The van der Waals surface area contributed by atoms with Crippen molar-refractivity contribution in [2.24, 2.45) is 0 Å². The molecular formula is C17H19NO. The highest BCUT2D eigenvalue weighted by molar-refractivity contribution is 5.90. The van der Waals surface area contributed by atoms with Crippen LogP contribution in [0.15, 0.2) is 48.5 Å². The van der Waals surface area contributed by atoms with Crippen molar-refractivity contribution in [2.45, 2.75) is 26.7 Å². The number of nitrogens with one attached hydrogen (secondary N) is 1. The van der Waals surface area contributed by atoms with E-state index in [0.29, 0.717) is 6.42 Å². The number of hydrogen-bond donors (Lipinski definition) is 1. The van der Waals surface area contributed by atoms with Gasteiger partial charge in [0, 0.05) is 12.1 Å². The molecule has 0 heterocycles. The first kappa shape index (κ1) is 13.3. The molecule has 0 bridgehead atoms. The van der Waals surface area contributed by atoms with Gasteiger partial charge in [-0.25, -0.2) is 0 Å². The highest BCUT2D eigenvalue weighted by Crippen LogP contribution is 2.14. The van der Waals surface area contributed by atoms with E-state index in [4.69, 9.17) is 0 Å². The summed E-state index contributed by atoms with van der Waals surface area (Å²) in [6.45, 7) is 3.94. The Hall–Kier alpha value is -2.09. The first-order chi connectivity index (χ1) is 9.17. The Morgan fingerprint density at radius 1 is 0.947 bits per heavy atom. The van der Waals surface area contributed by atoms with Gasteiger partial charge in [-0.1, -0.05) is 48.9 Å². The van der Waals surface area contributed by atoms with Crippen molar-refractivity contribution in [3.05, 3.63) is 65.2 Å². The summed E-state index contributed by atoms with van der Waals surface area (Å²) in [5.74, 6) is 0.0475. The third-order valence-electron chi connectivity index (χ3n) is 3.09. The Kier molecular flexibility index (Phi) is 4.35. The normalized spacial score (nSPS) is 10.2. The minimum Gasteiger partial charge on any atom is -0.326 e. The third kappa shape index (κ3) is 3.95. The zero-order chi connectivity index (χ0) is 13.7. The van der Waals surface area contributed by atoms with Gasteiger partial charge in [0.2, 0.25) is 5.91 Å². The Balaban J connectivity index is 2.02. The molecular weight excluding hydrogens is 234 g/mol. The van der Waals surface area contributed by atoms with E-state index in [2.05, 4.69) is 48.6 Å². The molecule has 0 fully saturated rings. The first-order valence-electron chi connectivity index (χ1n) is 6.61. The average Bonchev–Trinajstić information content (AvgIpc) is 2.43. The van der Waals surface area contributed by atoms with Crippen LogP contribution >= 0.6 is 0 Å². The van der Waals surface area contributed by atoms with Crippen LogP contribution in [0.1, 0.15) is 30.0 Å². The van der Waals surface area contributed by atoms with Crippen LogP contribution in [0.2, 0.25) is 0 Å². The van der Waals surface area contributed by atoms with Crippen LogP contribution in [0.4, 0.5) is 5.69 Å². The minimum absolute atomic E-state index is 0.0475. The van der Waals surface area contributed by atoms with E-state index in [1.165, 1.54) is 16.7 Å². The topological polar surface area (TPSA) is 29.1 Å². The van der Waals surface area contributed by atoms with Crippen molar-refractivity contribution in [3.63, 3.8) is 0 Å². The number of amides is 1. The number of carbonyl (C=O) groups excluding carboxylic acids is 1. The molecule has 0 aliphatic heterocycles. The van der Waals surface area contributed by atoms with Crippen LogP contribution < -0.4 is 5.32 Å². The molecule has 2 aromatic carbocycles. The summed E-state index contributed by atoms with van der Waals surface area (Å²) in [4.78, 5) is 11.3. The fraction of sp³-hybridized carbons (Fsp3) is 0.235. The molecule has 0 saturated heterocycles. The summed E-state index contributed by atoms with van der Waals surface area (Å²) in [5.41, 5.74) is 4.69. The molecule has 98 valence electrons. The van der Waals surface area contributed by atoms with E-state index in [-0.39, 0.29) is 5.91 Å². The predicted octanol–water partition coefficient (Wildman–Crippen LogP) is 3.93. The van der Waals surface area contributed by atoms with Gasteiger partial charge in [-0.2, -0.15) is 0 Å². The van der Waals surface area contributed by atoms with Gasteiger partial charge in [-0.15, -0.1) is 0 Å². The molecule has 19 heavy (non-hydrogen) atoms. The number of aryl methyl sites for hydroxylation is 1. The molecule has 2 heteroatoms. The lowest BCUT2D eigenvalue weighted by Gasteiger charge is -2.06. The molecule has 0 radical (unpaired) electrons. The van der Waals surface area contributed by atoms with Crippen molar-refractivity contribution in [1.82, 2.24) is 0 Å². The average molecular weight is 253 g/mol. The quantitative estimate of drug-likeness (QED) is 0.878. The Labute approximate surface area is 114 Å². The lowest BCUT2D eigenvalue weighted by Crippen LogP contribution is -2.09. The summed E-state index contributed by atoms with van der Waals surface area (Å²) < 4.78 is 0. The fourth-order valence-corrected chi connectivity index (χ4v) is 1.90. The Bertz CT molecular complexity index is 540. The number of hydrogen-bond acceptors (Lipinski definition) is 1. The molecule has 0 aliphatic rings. The highest BCUT2D eigenvalue weighted by atomic mass is 16.1. The maximum atomic E-state index is 11.3. The smallest absolute Gasteiger partial charge is 0.224 e. The van der Waals surface area contributed by atoms with Crippen LogP contribution in [-0.2, 0) is 11.2 Å².